The van der Waals surface area contributed by atoms with Crippen LogP contribution in [0.2, 0.25) is 5.02 Å². The van der Waals surface area contributed by atoms with Crippen LogP contribution in [0.25, 0.3) is 0 Å². The Labute approximate surface area is 105 Å². The van der Waals surface area contributed by atoms with E-state index >= 15 is 0 Å². The number of ether oxygens (including phenoxy) is 1. The highest BCUT2D eigenvalue weighted by atomic mass is 35.5. The molecule has 1 unspecified atom stereocenters. The third-order valence-corrected chi connectivity index (χ3v) is 3.27. The van der Waals surface area contributed by atoms with Crippen LogP contribution >= 0.6 is 11.6 Å². The van der Waals surface area contributed by atoms with Gasteiger partial charge in [0.2, 0.25) is 0 Å². The number of hydrogen-bond acceptors (Lipinski definition) is 3. The molecule has 94 valence electrons. The monoisotopic (exact) mass is 258 g/mol. The van der Waals surface area contributed by atoms with Gasteiger partial charge in [-0.25, -0.2) is 4.39 Å². The lowest BCUT2D eigenvalue weighted by Crippen LogP contribution is -2.10. The fourth-order valence-electron chi connectivity index (χ4n) is 1.94. The molecular formula is C12H16ClFN2O. The van der Waals surface area contributed by atoms with Crippen LogP contribution in [-0.4, -0.2) is 19.8 Å². The first-order valence-corrected chi connectivity index (χ1v) is 6.10. The molecule has 1 aliphatic rings. The van der Waals surface area contributed by atoms with Crippen molar-refractivity contribution >= 4 is 23.0 Å². The van der Waals surface area contributed by atoms with Crippen molar-refractivity contribution in [1.82, 2.24) is 0 Å². The van der Waals surface area contributed by atoms with E-state index in [1.165, 1.54) is 12.1 Å². The lowest BCUT2D eigenvalue weighted by molar-refractivity contribution is 0.185. The topological polar surface area (TPSA) is 47.3 Å². The highest BCUT2D eigenvalue weighted by Gasteiger charge is 2.15. The molecule has 1 aromatic carbocycles. The standard InChI is InChI=1S/C12H16ClFN2O/c13-9-5-11(15)12(6-10(9)14)16-3-1-8-2-4-17-7-8/h5-6,8,16H,1-4,7,15H2. The third-order valence-electron chi connectivity index (χ3n) is 2.98. The van der Waals surface area contributed by atoms with Gasteiger partial charge in [-0.1, -0.05) is 11.6 Å². The normalized spacial score (nSPS) is 19.5. The summed E-state index contributed by atoms with van der Waals surface area (Å²) < 4.78 is 18.5. The van der Waals surface area contributed by atoms with Crippen molar-refractivity contribution in [2.24, 2.45) is 5.92 Å². The predicted octanol–water partition coefficient (Wildman–Crippen LogP) is 2.90. The van der Waals surface area contributed by atoms with E-state index in [1.54, 1.807) is 0 Å². The first kappa shape index (κ1) is 12.5. The van der Waals surface area contributed by atoms with Crippen LogP contribution in [0.15, 0.2) is 12.1 Å². The zero-order valence-electron chi connectivity index (χ0n) is 9.51. The van der Waals surface area contributed by atoms with Gasteiger partial charge in [0.25, 0.3) is 0 Å². The smallest absolute Gasteiger partial charge is 0.143 e. The van der Waals surface area contributed by atoms with Crippen LogP contribution in [0.3, 0.4) is 0 Å². The van der Waals surface area contributed by atoms with Gasteiger partial charge in [0.15, 0.2) is 0 Å². The molecule has 3 nitrogen and oxygen atoms in total. The Kier molecular flexibility index (Phi) is 4.07. The van der Waals surface area contributed by atoms with Gasteiger partial charge >= 0.3 is 0 Å². The highest BCUT2D eigenvalue weighted by molar-refractivity contribution is 6.31. The lowest BCUT2D eigenvalue weighted by Gasteiger charge is -2.12. The Balaban J connectivity index is 1.87. The fraction of sp³-hybridized carbons (Fsp3) is 0.500. The average molecular weight is 259 g/mol. The molecule has 1 heterocycles. The summed E-state index contributed by atoms with van der Waals surface area (Å²) >= 11 is 5.62. The van der Waals surface area contributed by atoms with E-state index < -0.39 is 5.82 Å². The SMILES string of the molecule is Nc1cc(Cl)c(F)cc1NCCC1CCOC1. The van der Waals surface area contributed by atoms with E-state index in [0.29, 0.717) is 17.3 Å². The van der Waals surface area contributed by atoms with Crippen molar-refractivity contribution in [2.75, 3.05) is 30.8 Å². The molecule has 1 fully saturated rings. The van der Waals surface area contributed by atoms with E-state index in [9.17, 15) is 4.39 Å². The molecule has 1 aromatic rings. The molecule has 0 saturated carbocycles. The molecule has 2 rings (SSSR count). The quantitative estimate of drug-likeness (QED) is 0.817. The molecule has 1 saturated heterocycles. The maximum Gasteiger partial charge on any atom is 0.143 e. The molecule has 0 aromatic heterocycles. The van der Waals surface area contributed by atoms with Crippen molar-refractivity contribution < 1.29 is 9.13 Å². The van der Waals surface area contributed by atoms with E-state index in [-0.39, 0.29) is 5.02 Å². The van der Waals surface area contributed by atoms with E-state index in [2.05, 4.69) is 5.32 Å². The first-order valence-electron chi connectivity index (χ1n) is 5.73. The van der Waals surface area contributed by atoms with Gasteiger partial charge in [-0.2, -0.15) is 0 Å². The van der Waals surface area contributed by atoms with Crippen molar-refractivity contribution in [3.8, 4) is 0 Å². The van der Waals surface area contributed by atoms with Crippen LogP contribution in [0, 0.1) is 11.7 Å². The first-order chi connectivity index (χ1) is 8.16. The summed E-state index contributed by atoms with van der Waals surface area (Å²) in [5.41, 5.74) is 6.82. The summed E-state index contributed by atoms with van der Waals surface area (Å²) in [7, 11) is 0. The van der Waals surface area contributed by atoms with Gasteiger partial charge in [-0.3, -0.25) is 0 Å². The Bertz CT molecular complexity index is 394. The number of nitrogens with one attached hydrogen (secondary N) is 1. The van der Waals surface area contributed by atoms with Crippen LogP contribution in [-0.2, 0) is 4.74 Å². The second-order valence-electron chi connectivity index (χ2n) is 4.30. The van der Waals surface area contributed by atoms with Gasteiger partial charge in [-0.15, -0.1) is 0 Å². The van der Waals surface area contributed by atoms with Gasteiger partial charge in [0.05, 0.1) is 16.4 Å². The van der Waals surface area contributed by atoms with Crippen LogP contribution < -0.4 is 11.1 Å². The minimum atomic E-state index is -0.451. The van der Waals surface area contributed by atoms with E-state index in [4.69, 9.17) is 22.1 Å². The summed E-state index contributed by atoms with van der Waals surface area (Å²) in [5, 5.41) is 3.18. The Morgan fingerprint density at radius 2 is 2.35 bits per heavy atom. The highest BCUT2D eigenvalue weighted by Crippen LogP contribution is 2.26. The molecule has 0 radical (unpaired) electrons. The number of nitrogens with two attached hydrogens (primary N) is 1. The second-order valence-corrected chi connectivity index (χ2v) is 4.71. The van der Waals surface area contributed by atoms with Crippen molar-refractivity contribution in [3.63, 3.8) is 0 Å². The molecule has 5 heteroatoms. The molecule has 0 spiro atoms. The van der Waals surface area contributed by atoms with Crippen molar-refractivity contribution in [3.05, 3.63) is 23.0 Å². The van der Waals surface area contributed by atoms with E-state index in [0.717, 1.165) is 32.6 Å². The fourth-order valence-corrected chi connectivity index (χ4v) is 2.11. The zero-order valence-corrected chi connectivity index (χ0v) is 10.3. The van der Waals surface area contributed by atoms with Crippen LogP contribution in [0.1, 0.15) is 12.8 Å². The van der Waals surface area contributed by atoms with Gasteiger partial charge in [0.1, 0.15) is 5.82 Å². The minimum absolute atomic E-state index is 0.0530. The number of nitrogen functional groups attached to an aromatic ring is 1. The summed E-state index contributed by atoms with van der Waals surface area (Å²) in [6.45, 7) is 2.44. The molecule has 0 bridgehead atoms. The lowest BCUT2D eigenvalue weighted by atomic mass is 10.1. The third kappa shape index (κ3) is 3.23. The Morgan fingerprint density at radius 1 is 1.53 bits per heavy atom. The number of anilines is 2. The van der Waals surface area contributed by atoms with Crippen molar-refractivity contribution in [1.29, 1.82) is 0 Å². The summed E-state index contributed by atoms with van der Waals surface area (Å²) in [4.78, 5) is 0. The number of benzene rings is 1. The summed E-state index contributed by atoms with van der Waals surface area (Å²) in [5.74, 6) is 0.147. The molecule has 3 N–H and O–H groups in total. The van der Waals surface area contributed by atoms with Gasteiger partial charge in [-0.05, 0) is 24.8 Å². The Morgan fingerprint density at radius 3 is 3.06 bits per heavy atom. The van der Waals surface area contributed by atoms with E-state index in [1.807, 2.05) is 0 Å². The number of hydrogen-bond donors (Lipinski definition) is 2. The minimum Gasteiger partial charge on any atom is -0.397 e. The zero-order chi connectivity index (χ0) is 12.3. The molecular weight excluding hydrogens is 243 g/mol. The van der Waals surface area contributed by atoms with Crippen LogP contribution in [0.4, 0.5) is 15.8 Å². The summed E-state index contributed by atoms with van der Waals surface area (Å²) in [6.07, 6.45) is 2.11. The molecule has 1 atom stereocenters. The molecule has 1 aliphatic heterocycles. The number of halogens is 2. The largest absolute Gasteiger partial charge is 0.397 e. The maximum absolute atomic E-state index is 13.2. The Hall–Kier alpha value is -1.00. The number of rotatable bonds is 4. The molecule has 0 amide bonds. The predicted molar refractivity (Wildman–Crippen MR) is 67.9 cm³/mol. The van der Waals surface area contributed by atoms with Crippen LogP contribution in [0.5, 0.6) is 0 Å². The van der Waals surface area contributed by atoms with Gasteiger partial charge < -0.3 is 15.8 Å². The molecule has 0 aliphatic carbocycles. The summed E-state index contributed by atoms with van der Waals surface area (Å²) in [6, 6.07) is 2.76. The van der Waals surface area contributed by atoms with Gasteiger partial charge in [0, 0.05) is 25.8 Å². The molecule has 17 heavy (non-hydrogen) atoms. The average Bonchev–Trinajstić information content (AvgIpc) is 2.78. The maximum atomic E-state index is 13.2. The second kappa shape index (κ2) is 5.56. The van der Waals surface area contributed by atoms with Crippen molar-refractivity contribution in [2.45, 2.75) is 12.8 Å².